The number of rotatable bonds is 8. The number of hydrogen-bond donors (Lipinski definition) is 1. The van der Waals surface area contributed by atoms with Gasteiger partial charge in [-0.05, 0) is 74.2 Å². The molecule has 1 aliphatic heterocycles. The second-order valence-electron chi connectivity index (χ2n) is 10.5. The number of methoxy groups -OCH3 is 1. The van der Waals surface area contributed by atoms with Crippen LogP contribution in [0.15, 0.2) is 60.8 Å². The van der Waals surface area contributed by atoms with Crippen LogP contribution in [0.2, 0.25) is 0 Å². The van der Waals surface area contributed by atoms with Crippen LogP contribution in [0.1, 0.15) is 64.9 Å². The number of pyridine rings is 1. The van der Waals surface area contributed by atoms with E-state index in [9.17, 15) is 14.0 Å². The monoisotopic (exact) mass is 572 g/mol. The summed E-state index contributed by atoms with van der Waals surface area (Å²) >= 11 is 0. The van der Waals surface area contributed by atoms with Gasteiger partial charge in [-0.25, -0.2) is 4.39 Å². The van der Waals surface area contributed by atoms with E-state index in [0.29, 0.717) is 50.1 Å². The van der Waals surface area contributed by atoms with Crippen LogP contribution in [-0.2, 0) is 0 Å². The molecule has 42 heavy (non-hydrogen) atoms. The van der Waals surface area contributed by atoms with E-state index in [-0.39, 0.29) is 41.3 Å². The van der Waals surface area contributed by atoms with Crippen LogP contribution in [0.25, 0.3) is 0 Å². The molecular weight excluding hydrogens is 539 g/mol. The number of nitriles is 1. The smallest absolute Gasteiger partial charge is 0.270 e. The summed E-state index contributed by atoms with van der Waals surface area (Å²) in [6.45, 7) is 1.16. The molecule has 0 atom stereocenters. The van der Waals surface area contributed by atoms with E-state index in [1.165, 1.54) is 18.3 Å². The molecule has 0 radical (unpaired) electrons. The minimum Gasteiger partial charge on any atom is -0.497 e. The zero-order valence-corrected chi connectivity index (χ0v) is 23.4. The van der Waals surface area contributed by atoms with E-state index < -0.39 is 5.82 Å². The average Bonchev–Trinajstić information content (AvgIpc) is 3.02. The summed E-state index contributed by atoms with van der Waals surface area (Å²) in [5.41, 5.74) is 0.679. The number of aromatic nitrogens is 1. The molecule has 2 aromatic carbocycles. The number of ether oxygens (including phenoxy) is 3. The Hall–Kier alpha value is -4.65. The molecule has 1 aromatic heterocycles. The van der Waals surface area contributed by atoms with E-state index in [1.54, 1.807) is 36.3 Å². The van der Waals surface area contributed by atoms with Gasteiger partial charge in [0.25, 0.3) is 11.8 Å². The maximum Gasteiger partial charge on any atom is 0.270 e. The minimum absolute atomic E-state index is 0.0174. The summed E-state index contributed by atoms with van der Waals surface area (Å²) in [5.74, 6) is 0.941. The van der Waals surface area contributed by atoms with Crippen molar-refractivity contribution >= 4 is 11.8 Å². The molecule has 2 fully saturated rings. The van der Waals surface area contributed by atoms with Crippen LogP contribution in [0, 0.1) is 17.1 Å². The molecule has 2 aliphatic rings. The molecule has 1 saturated heterocycles. The second kappa shape index (κ2) is 13.3. The van der Waals surface area contributed by atoms with Gasteiger partial charge in [0.15, 0.2) is 0 Å². The average molecular weight is 573 g/mol. The van der Waals surface area contributed by atoms with E-state index in [0.717, 1.165) is 24.3 Å². The third-order valence-corrected chi connectivity index (χ3v) is 7.71. The van der Waals surface area contributed by atoms with Crippen molar-refractivity contribution in [2.75, 3.05) is 20.2 Å². The molecule has 3 aromatic rings. The summed E-state index contributed by atoms with van der Waals surface area (Å²) in [6, 6.07) is 16.7. The van der Waals surface area contributed by atoms with E-state index in [1.807, 2.05) is 24.3 Å². The van der Waals surface area contributed by atoms with Gasteiger partial charge in [0.2, 0.25) is 0 Å². The number of benzene rings is 2. The number of amides is 2. The van der Waals surface area contributed by atoms with Gasteiger partial charge in [-0.1, -0.05) is 0 Å². The SMILES string of the molecule is COc1ccc(OC2CCN(C(=O)c3ccc(C(=O)N[C@H]4CC[C@@H](Oc5ccc(C#N)c(F)c5)CC4)nc3)CC2)cc1. The maximum absolute atomic E-state index is 13.9. The molecule has 2 heterocycles. The number of nitrogens with zero attached hydrogens (tertiary/aromatic N) is 3. The Labute approximate surface area is 244 Å². The van der Waals surface area contributed by atoms with Gasteiger partial charge in [0.1, 0.15) is 40.9 Å². The molecule has 1 aliphatic carbocycles. The third-order valence-electron chi connectivity index (χ3n) is 7.71. The number of likely N-dealkylation sites (tertiary alicyclic amines) is 1. The predicted molar refractivity (Wildman–Crippen MR) is 152 cm³/mol. The number of piperidine rings is 1. The molecule has 2 amide bonds. The highest BCUT2D eigenvalue weighted by Crippen LogP contribution is 2.26. The lowest BCUT2D eigenvalue weighted by molar-refractivity contribution is 0.0594. The summed E-state index contributed by atoms with van der Waals surface area (Å²) in [6.07, 6.45) is 5.68. The van der Waals surface area contributed by atoms with E-state index in [4.69, 9.17) is 19.5 Å². The third kappa shape index (κ3) is 7.16. The first-order valence-electron chi connectivity index (χ1n) is 14.1. The molecule has 1 saturated carbocycles. The van der Waals surface area contributed by atoms with Crippen LogP contribution < -0.4 is 19.5 Å². The number of carbonyl (C=O) groups excluding carboxylic acids is 2. The van der Waals surface area contributed by atoms with Crippen molar-refractivity contribution in [3.8, 4) is 23.3 Å². The Morgan fingerprint density at radius 1 is 0.905 bits per heavy atom. The summed E-state index contributed by atoms with van der Waals surface area (Å²) in [7, 11) is 1.62. The molecular formula is C32H33FN4O5. The Balaban J connectivity index is 1.05. The summed E-state index contributed by atoms with van der Waals surface area (Å²) < 4.78 is 31.0. The lowest BCUT2D eigenvalue weighted by atomic mass is 9.92. The Morgan fingerprint density at radius 3 is 2.17 bits per heavy atom. The first-order chi connectivity index (χ1) is 20.4. The van der Waals surface area contributed by atoms with Crippen molar-refractivity contribution in [1.82, 2.24) is 15.2 Å². The Morgan fingerprint density at radius 2 is 1.55 bits per heavy atom. The fraction of sp³-hybridized carbons (Fsp3) is 0.375. The zero-order valence-electron chi connectivity index (χ0n) is 23.4. The molecule has 0 spiro atoms. The standard InChI is InChI=1S/C32H33FN4O5/c1-40-24-9-11-26(12-10-24)41-27-14-16-37(17-15-27)32(39)22-3-13-30(35-20-22)31(38)36-23-4-7-25(8-5-23)42-28-6-2-21(19-34)29(33)18-28/h2-3,6,9-13,18,20,23,25,27H,4-5,7-8,14-17H2,1H3,(H,36,38)/t23-,25+. The number of halogens is 1. The van der Waals surface area contributed by atoms with Crippen LogP contribution in [-0.4, -0.2) is 60.1 Å². The Bertz CT molecular complexity index is 1420. The quantitative estimate of drug-likeness (QED) is 0.408. The first kappa shape index (κ1) is 28.9. The van der Waals surface area contributed by atoms with E-state index >= 15 is 0 Å². The molecule has 5 rings (SSSR count). The predicted octanol–water partition coefficient (Wildman–Crippen LogP) is 4.90. The minimum atomic E-state index is -0.601. The summed E-state index contributed by atoms with van der Waals surface area (Å²) in [5, 5.41) is 11.9. The van der Waals surface area contributed by atoms with Crippen LogP contribution in [0.4, 0.5) is 4.39 Å². The van der Waals surface area contributed by atoms with Crippen molar-refractivity contribution in [2.45, 2.75) is 56.8 Å². The van der Waals surface area contributed by atoms with Crippen molar-refractivity contribution in [2.24, 2.45) is 0 Å². The molecule has 0 bridgehead atoms. The topological polar surface area (TPSA) is 114 Å². The van der Waals surface area contributed by atoms with Gasteiger partial charge in [0, 0.05) is 44.2 Å². The number of hydrogen-bond acceptors (Lipinski definition) is 7. The lowest BCUT2D eigenvalue weighted by Gasteiger charge is -2.32. The maximum atomic E-state index is 13.9. The van der Waals surface area contributed by atoms with Gasteiger partial charge in [-0.15, -0.1) is 0 Å². The van der Waals surface area contributed by atoms with Gasteiger partial charge < -0.3 is 24.4 Å². The highest BCUT2D eigenvalue weighted by molar-refractivity contribution is 5.96. The number of carbonyl (C=O) groups is 2. The van der Waals surface area contributed by atoms with Gasteiger partial charge in [-0.3, -0.25) is 14.6 Å². The van der Waals surface area contributed by atoms with Gasteiger partial charge >= 0.3 is 0 Å². The van der Waals surface area contributed by atoms with Crippen molar-refractivity contribution in [1.29, 1.82) is 5.26 Å². The molecule has 218 valence electrons. The molecule has 1 N–H and O–H groups in total. The molecule has 0 unspecified atom stereocenters. The van der Waals surface area contributed by atoms with Crippen LogP contribution in [0.3, 0.4) is 0 Å². The number of nitrogens with one attached hydrogen (secondary N) is 1. The van der Waals surface area contributed by atoms with Gasteiger partial charge in [0.05, 0.1) is 24.3 Å². The Kier molecular flexibility index (Phi) is 9.17. The van der Waals surface area contributed by atoms with Crippen molar-refractivity contribution in [3.05, 3.63) is 83.4 Å². The fourth-order valence-corrected chi connectivity index (χ4v) is 5.30. The fourth-order valence-electron chi connectivity index (χ4n) is 5.30. The van der Waals surface area contributed by atoms with Crippen molar-refractivity contribution < 1.29 is 28.2 Å². The molecule has 10 heteroatoms. The normalized spacial score (nSPS) is 18.9. The largest absolute Gasteiger partial charge is 0.497 e. The highest BCUT2D eigenvalue weighted by Gasteiger charge is 2.27. The molecule has 9 nitrogen and oxygen atoms in total. The first-order valence-corrected chi connectivity index (χ1v) is 14.1. The van der Waals surface area contributed by atoms with Gasteiger partial charge in [-0.2, -0.15) is 5.26 Å². The zero-order chi connectivity index (χ0) is 29.5. The second-order valence-corrected chi connectivity index (χ2v) is 10.5. The lowest BCUT2D eigenvalue weighted by Crippen LogP contribution is -2.42. The highest BCUT2D eigenvalue weighted by atomic mass is 19.1. The van der Waals surface area contributed by atoms with Crippen LogP contribution in [0.5, 0.6) is 17.2 Å². The van der Waals surface area contributed by atoms with Crippen LogP contribution >= 0.6 is 0 Å². The summed E-state index contributed by atoms with van der Waals surface area (Å²) in [4.78, 5) is 31.9. The van der Waals surface area contributed by atoms with Crippen molar-refractivity contribution in [3.63, 3.8) is 0 Å². The van der Waals surface area contributed by atoms with E-state index in [2.05, 4.69) is 10.3 Å².